The standard InChI is InChI=1S/C12H8F3N5OS/c1-6-9(7-4-16-2-3-17-7)19-20(10(6)21)11-18-8(5-22-11)12(13,14)15/h2-6H,1H3. The summed E-state index contributed by atoms with van der Waals surface area (Å²) in [6.07, 6.45) is -0.196. The molecule has 0 saturated heterocycles. The van der Waals surface area contributed by atoms with Gasteiger partial charge in [-0.15, -0.1) is 11.3 Å². The summed E-state index contributed by atoms with van der Waals surface area (Å²) in [5.41, 5.74) is -0.295. The summed E-state index contributed by atoms with van der Waals surface area (Å²) in [5.74, 6) is -1.08. The normalized spacial score (nSPS) is 18.7. The van der Waals surface area contributed by atoms with Crippen molar-refractivity contribution >= 4 is 28.1 Å². The van der Waals surface area contributed by atoms with Crippen LogP contribution in [0.4, 0.5) is 18.3 Å². The van der Waals surface area contributed by atoms with Crippen LogP contribution in [0.3, 0.4) is 0 Å². The van der Waals surface area contributed by atoms with E-state index in [1.807, 2.05) is 0 Å². The summed E-state index contributed by atoms with van der Waals surface area (Å²) in [6.45, 7) is 1.61. The topological polar surface area (TPSA) is 71.3 Å². The van der Waals surface area contributed by atoms with Crippen LogP contribution in [0.5, 0.6) is 0 Å². The Morgan fingerprint density at radius 1 is 1.32 bits per heavy atom. The molecule has 1 amide bonds. The number of anilines is 1. The third-order valence-corrected chi connectivity index (χ3v) is 3.80. The SMILES string of the molecule is CC1C(=O)N(c2nc(C(F)(F)F)cs2)N=C1c1cnccn1. The van der Waals surface area contributed by atoms with E-state index in [0.29, 0.717) is 22.7 Å². The lowest BCUT2D eigenvalue weighted by Gasteiger charge is -2.08. The lowest BCUT2D eigenvalue weighted by atomic mass is 10.0. The molecule has 0 radical (unpaired) electrons. The van der Waals surface area contributed by atoms with E-state index < -0.39 is 23.7 Å². The van der Waals surface area contributed by atoms with Crippen molar-refractivity contribution < 1.29 is 18.0 Å². The van der Waals surface area contributed by atoms with E-state index in [1.165, 1.54) is 18.6 Å². The van der Waals surface area contributed by atoms with Crippen LogP contribution in [0.1, 0.15) is 18.3 Å². The van der Waals surface area contributed by atoms with E-state index in [2.05, 4.69) is 20.1 Å². The average Bonchev–Trinajstić information content (AvgIpc) is 3.07. The highest BCUT2D eigenvalue weighted by molar-refractivity contribution is 7.14. The Kier molecular flexibility index (Phi) is 3.39. The van der Waals surface area contributed by atoms with Gasteiger partial charge in [-0.05, 0) is 6.92 Å². The lowest BCUT2D eigenvalue weighted by molar-refractivity contribution is -0.140. The number of carbonyl (C=O) groups is 1. The molecule has 1 aliphatic heterocycles. The van der Waals surface area contributed by atoms with Gasteiger partial charge in [-0.2, -0.15) is 23.3 Å². The highest BCUT2D eigenvalue weighted by Gasteiger charge is 2.39. The second-order valence-electron chi connectivity index (χ2n) is 4.46. The molecule has 1 aliphatic rings. The zero-order valence-electron chi connectivity index (χ0n) is 11.1. The van der Waals surface area contributed by atoms with Crippen LogP contribution in [0, 0.1) is 5.92 Å². The number of amides is 1. The first-order valence-corrected chi connectivity index (χ1v) is 6.97. The molecular formula is C12H8F3N5OS. The molecule has 3 heterocycles. The van der Waals surface area contributed by atoms with Crippen molar-refractivity contribution in [2.75, 3.05) is 5.01 Å². The number of nitrogens with zero attached hydrogens (tertiary/aromatic N) is 5. The molecule has 114 valence electrons. The minimum absolute atomic E-state index is 0.122. The van der Waals surface area contributed by atoms with Gasteiger partial charge < -0.3 is 0 Å². The maximum atomic E-state index is 12.6. The van der Waals surface area contributed by atoms with Gasteiger partial charge in [-0.25, -0.2) is 4.98 Å². The number of hydrogen-bond donors (Lipinski definition) is 0. The molecule has 6 nitrogen and oxygen atoms in total. The zero-order valence-corrected chi connectivity index (χ0v) is 11.9. The second-order valence-corrected chi connectivity index (χ2v) is 5.30. The van der Waals surface area contributed by atoms with Crippen LogP contribution >= 0.6 is 11.3 Å². The third-order valence-electron chi connectivity index (χ3n) is 2.99. The van der Waals surface area contributed by atoms with Crippen LogP contribution in [0.2, 0.25) is 0 Å². The molecule has 0 aliphatic carbocycles. The maximum Gasteiger partial charge on any atom is 0.434 e. The van der Waals surface area contributed by atoms with Crippen molar-refractivity contribution in [3.05, 3.63) is 35.4 Å². The second kappa shape index (κ2) is 5.13. The van der Waals surface area contributed by atoms with Crippen molar-refractivity contribution in [1.82, 2.24) is 15.0 Å². The average molecular weight is 327 g/mol. The van der Waals surface area contributed by atoms with Crippen LogP contribution in [0.25, 0.3) is 0 Å². The first kappa shape index (κ1) is 14.6. The molecule has 0 spiro atoms. The molecular weight excluding hydrogens is 319 g/mol. The number of thiazole rings is 1. The van der Waals surface area contributed by atoms with Gasteiger partial charge in [-0.3, -0.25) is 14.8 Å². The molecule has 2 aromatic rings. The molecule has 10 heteroatoms. The minimum atomic E-state index is -4.55. The molecule has 1 unspecified atom stereocenters. The zero-order chi connectivity index (χ0) is 15.9. The monoisotopic (exact) mass is 327 g/mol. The summed E-state index contributed by atoms with van der Waals surface area (Å²) >= 11 is 0.708. The number of alkyl halides is 3. The van der Waals surface area contributed by atoms with Gasteiger partial charge in [0.15, 0.2) is 5.69 Å². The predicted molar refractivity (Wildman–Crippen MR) is 72.3 cm³/mol. The quantitative estimate of drug-likeness (QED) is 0.849. The Labute approximate surface area is 126 Å². The van der Waals surface area contributed by atoms with E-state index >= 15 is 0 Å². The van der Waals surface area contributed by atoms with Crippen LogP contribution in [-0.2, 0) is 11.0 Å². The Hall–Kier alpha value is -2.36. The highest BCUT2D eigenvalue weighted by Crippen LogP contribution is 2.35. The molecule has 1 atom stereocenters. The molecule has 0 fully saturated rings. The molecule has 0 saturated carbocycles. The number of aromatic nitrogens is 3. The summed E-state index contributed by atoms with van der Waals surface area (Å²) in [7, 11) is 0. The Bertz CT molecular complexity index is 743. The fourth-order valence-electron chi connectivity index (χ4n) is 1.88. The molecule has 3 rings (SSSR count). The van der Waals surface area contributed by atoms with E-state index in [9.17, 15) is 18.0 Å². The number of hydrogen-bond acceptors (Lipinski definition) is 6. The van der Waals surface area contributed by atoms with E-state index in [0.717, 1.165) is 10.4 Å². The van der Waals surface area contributed by atoms with Crippen LogP contribution in [0.15, 0.2) is 29.1 Å². The van der Waals surface area contributed by atoms with Crippen molar-refractivity contribution in [1.29, 1.82) is 0 Å². The van der Waals surface area contributed by atoms with Gasteiger partial charge in [0.05, 0.1) is 12.1 Å². The molecule has 22 heavy (non-hydrogen) atoms. The van der Waals surface area contributed by atoms with Crippen LogP contribution in [-0.4, -0.2) is 26.6 Å². The third kappa shape index (κ3) is 2.45. The van der Waals surface area contributed by atoms with Gasteiger partial charge in [0.25, 0.3) is 5.91 Å². The Balaban J connectivity index is 1.96. The van der Waals surface area contributed by atoms with E-state index in [1.54, 1.807) is 6.92 Å². The molecule has 0 N–H and O–H groups in total. The number of halogens is 3. The number of carbonyl (C=O) groups excluding carboxylic acids is 1. The van der Waals surface area contributed by atoms with Gasteiger partial charge in [-0.1, -0.05) is 0 Å². The fraction of sp³-hybridized carbons (Fsp3) is 0.250. The summed E-state index contributed by atoms with van der Waals surface area (Å²) in [6, 6.07) is 0. The largest absolute Gasteiger partial charge is 0.434 e. The Morgan fingerprint density at radius 3 is 2.68 bits per heavy atom. The van der Waals surface area contributed by atoms with E-state index in [4.69, 9.17) is 0 Å². The van der Waals surface area contributed by atoms with Crippen molar-refractivity contribution in [3.63, 3.8) is 0 Å². The van der Waals surface area contributed by atoms with Gasteiger partial charge >= 0.3 is 6.18 Å². The predicted octanol–water partition coefficient (Wildman–Crippen LogP) is 2.34. The lowest BCUT2D eigenvalue weighted by Crippen LogP contribution is -2.26. The fourth-order valence-corrected chi connectivity index (χ4v) is 2.66. The van der Waals surface area contributed by atoms with Crippen molar-refractivity contribution in [2.24, 2.45) is 11.0 Å². The Morgan fingerprint density at radius 2 is 2.09 bits per heavy atom. The summed E-state index contributed by atoms with van der Waals surface area (Å²) < 4.78 is 37.8. The number of hydrazone groups is 1. The summed E-state index contributed by atoms with van der Waals surface area (Å²) in [5, 5.41) is 5.68. The smallest absolute Gasteiger partial charge is 0.272 e. The van der Waals surface area contributed by atoms with Gasteiger partial charge in [0.2, 0.25) is 5.13 Å². The van der Waals surface area contributed by atoms with Crippen LogP contribution < -0.4 is 5.01 Å². The van der Waals surface area contributed by atoms with Gasteiger partial charge in [0, 0.05) is 17.8 Å². The van der Waals surface area contributed by atoms with E-state index in [-0.39, 0.29) is 5.13 Å². The van der Waals surface area contributed by atoms with Crippen molar-refractivity contribution in [2.45, 2.75) is 13.1 Å². The molecule has 0 bridgehead atoms. The first-order valence-electron chi connectivity index (χ1n) is 6.09. The number of rotatable bonds is 2. The minimum Gasteiger partial charge on any atom is -0.272 e. The highest BCUT2D eigenvalue weighted by atomic mass is 32.1. The first-order chi connectivity index (χ1) is 10.4. The van der Waals surface area contributed by atoms with Gasteiger partial charge in [0.1, 0.15) is 11.4 Å². The molecule has 0 aromatic carbocycles. The molecule has 2 aromatic heterocycles. The van der Waals surface area contributed by atoms with Crippen molar-refractivity contribution in [3.8, 4) is 0 Å². The summed E-state index contributed by atoms with van der Waals surface area (Å²) in [4.78, 5) is 23.6. The maximum absolute atomic E-state index is 12.6.